The maximum absolute atomic E-state index is 15.0. The zero-order valence-electron chi connectivity index (χ0n) is 20.8. The fourth-order valence-electron chi connectivity index (χ4n) is 3.49. The van der Waals surface area contributed by atoms with Gasteiger partial charge in [-0.05, 0) is 54.7 Å². The van der Waals surface area contributed by atoms with E-state index < -0.39 is 12.4 Å². The van der Waals surface area contributed by atoms with Crippen LogP contribution in [0.25, 0.3) is 5.57 Å². The van der Waals surface area contributed by atoms with Gasteiger partial charge in [-0.1, -0.05) is 25.4 Å². The van der Waals surface area contributed by atoms with Crippen molar-refractivity contribution in [3.05, 3.63) is 58.3 Å². The molecular formula is C25H31ClFN5O3. The van der Waals surface area contributed by atoms with Gasteiger partial charge in [0.2, 0.25) is 6.41 Å². The second-order valence-electron chi connectivity index (χ2n) is 8.27. The number of hydrazone groups is 1. The first kappa shape index (κ1) is 27.9. The van der Waals surface area contributed by atoms with E-state index in [1.807, 2.05) is 45.0 Å². The number of hydrogen-bond acceptors (Lipinski definition) is 7. The van der Waals surface area contributed by atoms with Gasteiger partial charge in [-0.3, -0.25) is 19.5 Å². The highest BCUT2D eigenvalue weighted by Crippen LogP contribution is 2.33. The lowest BCUT2D eigenvalue weighted by Crippen LogP contribution is -2.34. The fourth-order valence-corrected chi connectivity index (χ4v) is 3.73. The quantitative estimate of drug-likeness (QED) is 0.170. The molecule has 2 aromatic rings. The number of pyridine rings is 1. The number of amides is 1. The van der Waals surface area contributed by atoms with Crippen LogP contribution >= 0.6 is 11.6 Å². The molecule has 8 nitrogen and oxygen atoms in total. The first-order valence-corrected chi connectivity index (χ1v) is 11.4. The summed E-state index contributed by atoms with van der Waals surface area (Å²) in [4.78, 5) is 30.3. The Labute approximate surface area is 210 Å². The summed E-state index contributed by atoms with van der Waals surface area (Å²) in [6.45, 7) is 7.34. The minimum atomic E-state index is -0.670. The van der Waals surface area contributed by atoms with Crippen LogP contribution in [0.4, 0.5) is 15.8 Å². The molecule has 188 valence electrons. The molecule has 0 saturated carbocycles. The van der Waals surface area contributed by atoms with Crippen LogP contribution < -0.4 is 9.91 Å². The number of likely N-dealkylation sites (N-methyl/N-ethyl adjacent to an activating group) is 1. The summed E-state index contributed by atoms with van der Waals surface area (Å²) in [5.74, 6) is -0.652. The Bertz CT molecular complexity index is 1140. The number of aliphatic hydroxyl groups is 1. The van der Waals surface area contributed by atoms with Crippen molar-refractivity contribution < 1.29 is 19.1 Å². The van der Waals surface area contributed by atoms with Gasteiger partial charge in [0.25, 0.3) is 0 Å². The van der Waals surface area contributed by atoms with Crippen molar-refractivity contribution in [3.8, 4) is 0 Å². The van der Waals surface area contributed by atoms with Gasteiger partial charge in [-0.2, -0.15) is 5.10 Å². The lowest BCUT2D eigenvalue weighted by molar-refractivity contribution is -0.114. The van der Waals surface area contributed by atoms with E-state index in [-0.39, 0.29) is 29.5 Å². The smallest absolute Gasteiger partial charge is 0.215 e. The van der Waals surface area contributed by atoms with E-state index in [0.29, 0.717) is 29.1 Å². The number of aliphatic hydroxyl groups excluding tert-OH is 1. The highest BCUT2D eigenvalue weighted by molar-refractivity contribution is 6.32. The summed E-state index contributed by atoms with van der Waals surface area (Å²) in [7, 11) is 3.32. The van der Waals surface area contributed by atoms with Gasteiger partial charge in [-0.25, -0.2) is 9.37 Å². The molecule has 0 atom stereocenters. The largest absolute Gasteiger partial charge is 0.388 e. The highest BCUT2D eigenvalue weighted by Gasteiger charge is 2.20. The lowest BCUT2D eigenvalue weighted by Gasteiger charge is -2.24. The molecule has 1 amide bonds. The Kier molecular flexibility index (Phi) is 9.91. The molecule has 0 aliphatic carbocycles. The summed E-state index contributed by atoms with van der Waals surface area (Å²) in [5, 5.41) is 15.4. The predicted octanol–water partition coefficient (Wildman–Crippen LogP) is 4.35. The van der Waals surface area contributed by atoms with Crippen LogP contribution in [-0.4, -0.2) is 60.8 Å². The van der Waals surface area contributed by atoms with Crippen molar-refractivity contribution in [1.82, 2.24) is 9.88 Å². The molecule has 1 aromatic heterocycles. The van der Waals surface area contributed by atoms with Crippen molar-refractivity contribution in [3.63, 3.8) is 0 Å². The van der Waals surface area contributed by atoms with E-state index in [1.54, 1.807) is 13.1 Å². The molecule has 35 heavy (non-hydrogen) atoms. The van der Waals surface area contributed by atoms with Crippen LogP contribution in [0, 0.1) is 18.7 Å². The fraction of sp³-hybridized carbons (Fsp3) is 0.360. The molecule has 0 unspecified atom stereocenters. The molecule has 2 rings (SSSR count). The number of aromatic nitrogens is 1. The van der Waals surface area contributed by atoms with Crippen LogP contribution in [0.2, 0.25) is 5.15 Å². The SMILES string of the molecule is CCN(C=O)/C(CO)=N\N(C)c1cc(/C(=C\N(C)c2cc(C)cnc2Cl)C(C)C)c(C=O)cc1F. The van der Waals surface area contributed by atoms with E-state index in [2.05, 4.69) is 10.1 Å². The van der Waals surface area contributed by atoms with E-state index in [4.69, 9.17) is 11.6 Å². The third-order valence-corrected chi connectivity index (χ3v) is 5.70. The van der Waals surface area contributed by atoms with E-state index in [9.17, 15) is 14.7 Å². The number of carbonyl (C=O) groups excluding carboxylic acids is 2. The van der Waals surface area contributed by atoms with Gasteiger partial charge in [0.15, 0.2) is 17.3 Å². The first-order chi connectivity index (χ1) is 16.6. The Hall–Kier alpha value is -3.30. The number of aldehydes is 1. The number of amidine groups is 1. The Morgan fingerprint density at radius 3 is 2.46 bits per heavy atom. The average Bonchev–Trinajstić information content (AvgIpc) is 2.83. The molecule has 0 radical (unpaired) electrons. The molecule has 0 spiro atoms. The van der Waals surface area contributed by atoms with Crippen LogP contribution in [0.3, 0.4) is 0 Å². The molecule has 1 aromatic carbocycles. The van der Waals surface area contributed by atoms with Gasteiger partial charge in [0.05, 0.1) is 11.4 Å². The topological polar surface area (TPSA) is 89.3 Å². The summed E-state index contributed by atoms with van der Waals surface area (Å²) in [5.41, 5.74) is 3.15. The molecule has 0 aliphatic rings. The Morgan fingerprint density at radius 2 is 1.91 bits per heavy atom. The lowest BCUT2D eigenvalue weighted by atomic mass is 9.91. The van der Waals surface area contributed by atoms with Crippen molar-refractivity contribution in [1.29, 1.82) is 0 Å². The van der Waals surface area contributed by atoms with Crippen molar-refractivity contribution in [2.45, 2.75) is 27.7 Å². The number of anilines is 2. The number of benzene rings is 1. The maximum Gasteiger partial charge on any atom is 0.215 e. The van der Waals surface area contributed by atoms with Gasteiger partial charge in [0.1, 0.15) is 12.4 Å². The summed E-state index contributed by atoms with van der Waals surface area (Å²) in [6, 6.07) is 4.58. The average molecular weight is 504 g/mol. The molecular weight excluding hydrogens is 473 g/mol. The Balaban J connectivity index is 2.65. The molecule has 0 bridgehead atoms. The summed E-state index contributed by atoms with van der Waals surface area (Å²) in [6.07, 6.45) is 4.66. The second-order valence-corrected chi connectivity index (χ2v) is 8.63. The standard InChI is InChI=1S/C25H31ClFN5O3/c1-7-32(15-35)24(14-34)29-31(6)22-10-19(18(13-33)9-21(22)27)20(16(2)3)12-30(5)23-8-17(4)11-28-25(23)26/h8-13,15-16,34H,7,14H2,1-6H3/b20-12-,29-24-. The maximum atomic E-state index is 15.0. The number of nitrogens with zero attached hydrogens (tertiary/aromatic N) is 5. The van der Waals surface area contributed by atoms with Gasteiger partial charge >= 0.3 is 0 Å². The minimum Gasteiger partial charge on any atom is -0.388 e. The number of carbonyl (C=O) groups is 2. The number of aryl methyl sites for hydroxylation is 1. The molecule has 1 N–H and O–H groups in total. The summed E-state index contributed by atoms with van der Waals surface area (Å²) >= 11 is 6.30. The van der Waals surface area contributed by atoms with Crippen LogP contribution in [0.1, 0.15) is 42.3 Å². The van der Waals surface area contributed by atoms with Crippen LogP contribution in [-0.2, 0) is 4.79 Å². The predicted molar refractivity (Wildman–Crippen MR) is 138 cm³/mol. The van der Waals surface area contributed by atoms with Gasteiger partial charge in [-0.15, -0.1) is 0 Å². The van der Waals surface area contributed by atoms with E-state index >= 15 is 4.39 Å². The van der Waals surface area contributed by atoms with E-state index in [0.717, 1.165) is 17.2 Å². The number of allylic oxidation sites excluding steroid dienone is 1. The van der Waals surface area contributed by atoms with Crippen molar-refractivity contribution >= 4 is 47.1 Å². The van der Waals surface area contributed by atoms with Crippen molar-refractivity contribution in [2.75, 3.05) is 37.2 Å². The first-order valence-electron chi connectivity index (χ1n) is 11.1. The molecule has 0 fully saturated rings. The summed E-state index contributed by atoms with van der Waals surface area (Å²) < 4.78 is 15.0. The third kappa shape index (κ3) is 6.64. The monoisotopic (exact) mass is 503 g/mol. The molecule has 0 aliphatic heterocycles. The minimum absolute atomic E-state index is 0.0431. The third-order valence-electron chi connectivity index (χ3n) is 5.40. The van der Waals surface area contributed by atoms with Gasteiger partial charge < -0.3 is 10.0 Å². The molecule has 1 heterocycles. The van der Waals surface area contributed by atoms with Crippen LogP contribution in [0.5, 0.6) is 0 Å². The Morgan fingerprint density at radius 1 is 1.23 bits per heavy atom. The van der Waals surface area contributed by atoms with Crippen LogP contribution in [0.15, 0.2) is 35.7 Å². The normalized spacial score (nSPS) is 12.1. The molecule has 0 saturated heterocycles. The highest BCUT2D eigenvalue weighted by atomic mass is 35.5. The number of hydrogen-bond donors (Lipinski definition) is 1. The molecule has 10 heteroatoms. The second kappa shape index (κ2) is 12.4. The number of halogens is 2. The zero-order chi connectivity index (χ0) is 26.3. The van der Waals surface area contributed by atoms with E-state index in [1.165, 1.54) is 23.0 Å². The van der Waals surface area contributed by atoms with Gasteiger partial charge in [0, 0.05) is 38.6 Å². The number of rotatable bonds is 10. The zero-order valence-corrected chi connectivity index (χ0v) is 21.5. The van der Waals surface area contributed by atoms with Crippen molar-refractivity contribution in [2.24, 2.45) is 11.0 Å².